The lowest BCUT2D eigenvalue weighted by molar-refractivity contribution is -0.732. The molecule has 2 heteroatoms. The van der Waals surface area contributed by atoms with E-state index in [2.05, 4.69) is 200 Å². The van der Waals surface area contributed by atoms with Gasteiger partial charge in [-0.05, 0) is 110 Å². The molecule has 49 heavy (non-hydrogen) atoms. The van der Waals surface area contributed by atoms with Gasteiger partial charge in [-0.3, -0.25) is 4.90 Å². The van der Waals surface area contributed by atoms with Gasteiger partial charge in [0.1, 0.15) is 5.69 Å². The van der Waals surface area contributed by atoms with Crippen LogP contribution in [-0.4, -0.2) is 7.05 Å². The Morgan fingerprint density at radius 2 is 0.755 bits per heavy atom. The monoisotopic (exact) mass is 627 g/mol. The van der Waals surface area contributed by atoms with Crippen LogP contribution in [0.2, 0.25) is 0 Å². The van der Waals surface area contributed by atoms with Crippen molar-refractivity contribution in [1.82, 2.24) is 0 Å². The summed E-state index contributed by atoms with van der Waals surface area (Å²) in [5, 5.41) is 10.1. The van der Waals surface area contributed by atoms with Gasteiger partial charge in [-0.2, -0.15) is 0 Å². The zero-order chi connectivity index (χ0) is 32.7. The molecule has 0 saturated heterocycles. The minimum absolute atomic E-state index is 1.12. The number of hydrogen-bond acceptors (Lipinski definition) is 1. The van der Waals surface area contributed by atoms with E-state index in [1.807, 2.05) is 0 Å². The molecule has 0 spiro atoms. The first-order valence-electron chi connectivity index (χ1n) is 16.9. The van der Waals surface area contributed by atoms with E-state index >= 15 is 0 Å². The molecule has 0 radical (unpaired) electrons. The number of quaternary nitrogens is 1. The lowest BCUT2D eigenvalue weighted by atomic mass is 9.99. The number of rotatable bonds is 6. The largest absolute Gasteiger partial charge is 0.310 e. The van der Waals surface area contributed by atoms with E-state index in [1.54, 1.807) is 0 Å². The van der Waals surface area contributed by atoms with E-state index in [0.717, 1.165) is 17.1 Å². The van der Waals surface area contributed by atoms with Gasteiger partial charge >= 0.3 is 0 Å². The third-order valence-electron chi connectivity index (χ3n) is 9.91. The molecule has 1 N–H and O–H groups in total. The predicted octanol–water partition coefficient (Wildman–Crippen LogP) is 11.9. The number of anilines is 3. The quantitative estimate of drug-likeness (QED) is 0.180. The summed E-state index contributed by atoms with van der Waals surface area (Å²) < 4.78 is 0. The van der Waals surface area contributed by atoms with Gasteiger partial charge in [-0.25, -0.2) is 0 Å². The molecule has 0 aliphatic carbocycles. The molecule has 0 saturated carbocycles. The van der Waals surface area contributed by atoms with Crippen LogP contribution in [0.15, 0.2) is 188 Å². The molecule has 232 valence electrons. The fourth-order valence-electron chi connectivity index (χ4n) is 7.36. The van der Waals surface area contributed by atoms with Crippen LogP contribution in [0.25, 0.3) is 54.2 Å². The predicted molar refractivity (Wildman–Crippen MR) is 209 cm³/mol. The highest BCUT2D eigenvalue weighted by atomic mass is 15.1. The second kappa shape index (κ2) is 12.1. The zero-order valence-corrected chi connectivity index (χ0v) is 27.3. The lowest BCUT2D eigenvalue weighted by Gasteiger charge is -2.26. The Balaban J connectivity index is 1.07. The Labute approximate surface area is 286 Å². The average molecular weight is 628 g/mol. The van der Waals surface area contributed by atoms with E-state index in [0.29, 0.717) is 0 Å². The van der Waals surface area contributed by atoms with Crippen LogP contribution >= 0.6 is 0 Å². The third kappa shape index (κ3) is 5.29. The minimum atomic E-state index is 1.12. The van der Waals surface area contributed by atoms with E-state index < -0.39 is 0 Å². The van der Waals surface area contributed by atoms with E-state index in [4.69, 9.17) is 0 Å². The normalized spacial score (nSPS) is 12.1. The van der Waals surface area contributed by atoms with Gasteiger partial charge in [-0.15, -0.1) is 0 Å². The van der Waals surface area contributed by atoms with Crippen LogP contribution in [0.4, 0.5) is 28.4 Å². The van der Waals surface area contributed by atoms with Gasteiger partial charge in [-0.1, -0.05) is 109 Å². The molecule has 1 atom stereocenters. The molecular formula is C47H35N2+. The highest BCUT2D eigenvalue weighted by Crippen LogP contribution is 2.38. The molecule has 0 amide bonds. The summed E-state index contributed by atoms with van der Waals surface area (Å²) in [6.45, 7) is 0. The van der Waals surface area contributed by atoms with Gasteiger partial charge in [0.25, 0.3) is 0 Å². The van der Waals surface area contributed by atoms with Crippen molar-refractivity contribution in [3.63, 3.8) is 0 Å². The summed E-state index contributed by atoms with van der Waals surface area (Å²) in [6.07, 6.45) is 0. The van der Waals surface area contributed by atoms with Crippen LogP contribution in [-0.2, 0) is 0 Å². The third-order valence-corrected chi connectivity index (χ3v) is 9.91. The van der Waals surface area contributed by atoms with E-state index in [-0.39, 0.29) is 0 Å². The van der Waals surface area contributed by atoms with Crippen LogP contribution in [0, 0.1) is 0 Å². The number of nitrogens with zero attached hydrogens (tertiary/aromatic N) is 1. The van der Waals surface area contributed by atoms with Crippen LogP contribution in [0.3, 0.4) is 0 Å². The molecule has 0 aliphatic heterocycles. The molecule has 9 rings (SSSR count). The van der Waals surface area contributed by atoms with Crippen LogP contribution in [0.5, 0.6) is 0 Å². The van der Waals surface area contributed by atoms with Gasteiger partial charge in [0.15, 0.2) is 5.69 Å². The molecule has 9 aromatic rings. The van der Waals surface area contributed by atoms with Crippen molar-refractivity contribution in [2.45, 2.75) is 0 Å². The second-order valence-electron chi connectivity index (χ2n) is 12.8. The first kappa shape index (κ1) is 29.0. The van der Waals surface area contributed by atoms with Crippen molar-refractivity contribution in [2.24, 2.45) is 0 Å². The van der Waals surface area contributed by atoms with Crippen molar-refractivity contribution in [3.8, 4) is 11.1 Å². The summed E-state index contributed by atoms with van der Waals surface area (Å²) in [4.78, 5) is 3.65. The van der Waals surface area contributed by atoms with E-state index in [9.17, 15) is 0 Å². The SMILES string of the molecule is C[NH+](c1ccc(-c2ccc(N(c3ccc4ccccc4c3)c3ccc4ccccc4c3)cc2)cc1)c1c2ccccc2cc2ccccc12. The van der Waals surface area contributed by atoms with Gasteiger partial charge in [0.05, 0.1) is 7.05 Å². The summed E-state index contributed by atoms with van der Waals surface area (Å²) in [7, 11) is 2.26. The fraction of sp³-hybridized carbons (Fsp3) is 0.0213. The molecule has 0 heterocycles. The maximum Gasteiger partial charge on any atom is 0.151 e. The average Bonchev–Trinajstić information content (AvgIpc) is 3.17. The van der Waals surface area contributed by atoms with Crippen molar-refractivity contribution in [3.05, 3.63) is 188 Å². The molecule has 0 bridgehead atoms. The Morgan fingerprint density at radius 1 is 0.347 bits per heavy atom. The molecule has 0 aliphatic rings. The minimum Gasteiger partial charge on any atom is -0.310 e. The summed E-state index contributed by atoms with van der Waals surface area (Å²) in [6, 6.07) is 68.4. The summed E-state index contributed by atoms with van der Waals surface area (Å²) >= 11 is 0. The fourth-order valence-corrected chi connectivity index (χ4v) is 7.36. The Bertz CT molecular complexity index is 2490. The summed E-state index contributed by atoms with van der Waals surface area (Å²) in [5.41, 5.74) is 8.34. The maximum absolute atomic E-state index is 2.36. The second-order valence-corrected chi connectivity index (χ2v) is 12.8. The van der Waals surface area contributed by atoms with Crippen LogP contribution < -0.4 is 9.80 Å². The van der Waals surface area contributed by atoms with Crippen LogP contribution in [0.1, 0.15) is 0 Å². The Hall–Kier alpha value is -6.22. The first-order chi connectivity index (χ1) is 24.2. The van der Waals surface area contributed by atoms with Gasteiger partial charge < -0.3 is 4.90 Å². The zero-order valence-electron chi connectivity index (χ0n) is 27.3. The number of nitrogens with one attached hydrogen (secondary N) is 1. The van der Waals surface area contributed by atoms with E-state index in [1.165, 1.54) is 70.5 Å². The molecule has 1 unspecified atom stereocenters. The molecule has 9 aromatic carbocycles. The summed E-state index contributed by atoms with van der Waals surface area (Å²) in [5.74, 6) is 0. The first-order valence-corrected chi connectivity index (χ1v) is 16.9. The molecule has 0 aromatic heterocycles. The number of benzene rings is 9. The smallest absolute Gasteiger partial charge is 0.151 e. The van der Waals surface area contributed by atoms with Crippen molar-refractivity contribution in [2.75, 3.05) is 11.9 Å². The Kier molecular flexibility index (Phi) is 7.15. The lowest BCUT2D eigenvalue weighted by Crippen LogP contribution is -2.98. The molecule has 2 nitrogen and oxygen atoms in total. The van der Waals surface area contributed by atoms with Crippen molar-refractivity contribution < 1.29 is 4.90 Å². The number of fused-ring (bicyclic) bond motifs is 4. The highest BCUT2D eigenvalue weighted by molar-refractivity contribution is 6.08. The highest BCUT2D eigenvalue weighted by Gasteiger charge is 2.19. The maximum atomic E-state index is 2.36. The molecule has 0 fully saturated rings. The van der Waals surface area contributed by atoms with Gasteiger partial charge in [0, 0.05) is 40.0 Å². The molecular weight excluding hydrogens is 593 g/mol. The topological polar surface area (TPSA) is 7.68 Å². The Morgan fingerprint density at radius 3 is 1.27 bits per heavy atom. The number of hydrogen-bond donors (Lipinski definition) is 1. The van der Waals surface area contributed by atoms with Crippen molar-refractivity contribution in [1.29, 1.82) is 0 Å². The van der Waals surface area contributed by atoms with Gasteiger partial charge in [0.2, 0.25) is 0 Å². The van der Waals surface area contributed by atoms with Crippen molar-refractivity contribution >= 4 is 71.5 Å². The standard InChI is InChI=1S/C47H34N2/c1-48(47-45-16-8-6-14-39(45)30-40-15-7-9-17-46(40)47)41-24-18-35(19-25-41)36-20-26-42(27-21-36)49(43-28-22-33-10-2-4-12-37(33)31-43)44-29-23-34-11-3-5-13-38(34)32-44/h2-32H,1H3/p+1.